The third-order valence-electron chi connectivity index (χ3n) is 2.53. The summed E-state index contributed by atoms with van der Waals surface area (Å²) in [6.45, 7) is 4.62. The Morgan fingerprint density at radius 3 is 2.45 bits per heavy atom. The minimum Gasteiger partial charge on any atom is -0.385 e. The molecule has 0 aromatic carbocycles. The SMILES string of the molecule is CCNC(=NCC(=O)N(C)C)NCCCCCOC.I. The molecule has 0 aromatic heterocycles. The molecule has 0 atom stereocenters. The average Bonchev–Trinajstić information content (AvgIpc) is 2.39. The van der Waals surface area contributed by atoms with E-state index in [0.29, 0.717) is 5.96 Å². The summed E-state index contributed by atoms with van der Waals surface area (Å²) in [6.07, 6.45) is 3.26. The fraction of sp³-hybridized carbons (Fsp3) is 0.846. The van der Waals surface area contributed by atoms with Gasteiger partial charge in [-0.15, -0.1) is 24.0 Å². The van der Waals surface area contributed by atoms with Crippen molar-refractivity contribution in [3.63, 3.8) is 0 Å². The van der Waals surface area contributed by atoms with Gasteiger partial charge in [-0.25, -0.2) is 4.99 Å². The average molecular weight is 400 g/mol. The predicted octanol–water partition coefficient (Wildman–Crippen LogP) is 1.06. The number of halogens is 1. The highest BCUT2D eigenvalue weighted by Crippen LogP contribution is 1.93. The summed E-state index contributed by atoms with van der Waals surface area (Å²) in [5, 5.41) is 6.34. The highest BCUT2D eigenvalue weighted by atomic mass is 127. The van der Waals surface area contributed by atoms with Gasteiger partial charge in [0.25, 0.3) is 0 Å². The van der Waals surface area contributed by atoms with Gasteiger partial charge >= 0.3 is 0 Å². The van der Waals surface area contributed by atoms with Crippen molar-refractivity contribution in [1.82, 2.24) is 15.5 Å². The molecule has 0 saturated carbocycles. The molecule has 0 spiro atoms. The van der Waals surface area contributed by atoms with Gasteiger partial charge in [0, 0.05) is 40.9 Å². The van der Waals surface area contributed by atoms with Crippen LogP contribution in [0.1, 0.15) is 26.2 Å². The van der Waals surface area contributed by atoms with Crippen LogP contribution in [-0.2, 0) is 9.53 Å². The number of nitrogens with one attached hydrogen (secondary N) is 2. The number of unbranched alkanes of at least 4 members (excludes halogenated alkanes) is 2. The Hall–Kier alpha value is -0.570. The first-order chi connectivity index (χ1) is 9.11. The first-order valence-electron chi connectivity index (χ1n) is 6.83. The van der Waals surface area contributed by atoms with Gasteiger partial charge in [0.15, 0.2) is 5.96 Å². The normalized spacial score (nSPS) is 10.7. The Bertz CT molecular complexity index is 273. The van der Waals surface area contributed by atoms with E-state index in [0.717, 1.165) is 39.0 Å². The summed E-state index contributed by atoms with van der Waals surface area (Å²) in [4.78, 5) is 17.2. The summed E-state index contributed by atoms with van der Waals surface area (Å²) in [6, 6.07) is 0. The van der Waals surface area contributed by atoms with Crippen LogP contribution >= 0.6 is 24.0 Å². The van der Waals surface area contributed by atoms with Crippen LogP contribution in [0.25, 0.3) is 0 Å². The Labute approximate surface area is 139 Å². The third kappa shape index (κ3) is 12.5. The molecule has 120 valence electrons. The van der Waals surface area contributed by atoms with Crippen molar-refractivity contribution in [3.05, 3.63) is 0 Å². The summed E-state index contributed by atoms with van der Waals surface area (Å²) < 4.78 is 5.00. The maximum absolute atomic E-state index is 11.4. The van der Waals surface area contributed by atoms with Crippen molar-refractivity contribution in [2.24, 2.45) is 4.99 Å². The van der Waals surface area contributed by atoms with Crippen molar-refractivity contribution in [1.29, 1.82) is 0 Å². The molecule has 0 aliphatic carbocycles. The number of methoxy groups -OCH3 is 1. The number of hydrogen-bond donors (Lipinski definition) is 2. The van der Waals surface area contributed by atoms with Crippen LogP contribution in [0.15, 0.2) is 4.99 Å². The van der Waals surface area contributed by atoms with E-state index in [4.69, 9.17) is 4.74 Å². The lowest BCUT2D eigenvalue weighted by Crippen LogP contribution is -2.38. The molecule has 0 saturated heterocycles. The number of carbonyl (C=O) groups excluding carboxylic acids is 1. The monoisotopic (exact) mass is 400 g/mol. The molecule has 0 aromatic rings. The van der Waals surface area contributed by atoms with Crippen molar-refractivity contribution in [2.45, 2.75) is 26.2 Å². The number of carbonyl (C=O) groups is 1. The predicted molar refractivity (Wildman–Crippen MR) is 93.8 cm³/mol. The molecule has 1 amide bonds. The van der Waals surface area contributed by atoms with Crippen LogP contribution in [-0.4, -0.2) is 64.2 Å². The van der Waals surface area contributed by atoms with Crippen molar-refractivity contribution in [2.75, 3.05) is 47.4 Å². The summed E-state index contributed by atoms with van der Waals surface area (Å²) in [5.74, 6) is 0.696. The van der Waals surface area contributed by atoms with Crippen LogP contribution in [0.5, 0.6) is 0 Å². The molecule has 7 heteroatoms. The minimum atomic E-state index is -0.00250. The van der Waals surface area contributed by atoms with E-state index < -0.39 is 0 Å². The van der Waals surface area contributed by atoms with E-state index in [2.05, 4.69) is 15.6 Å². The maximum Gasteiger partial charge on any atom is 0.243 e. The third-order valence-corrected chi connectivity index (χ3v) is 2.53. The fourth-order valence-electron chi connectivity index (χ4n) is 1.38. The van der Waals surface area contributed by atoms with Crippen molar-refractivity contribution in [3.8, 4) is 0 Å². The molecule has 0 heterocycles. The minimum absolute atomic E-state index is 0. The zero-order valence-electron chi connectivity index (χ0n) is 13.1. The van der Waals surface area contributed by atoms with E-state index in [1.165, 1.54) is 4.90 Å². The van der Waals surface area contributed by atoms with Gasteiger partial charge in [0.1, 0.15) is 6.54 Å². The van der Waals surface area contributed by atoms with E-state index >= 15 is 0 Å². The van der Waals surface area contributed by atoms with Gasteiger partial charge in [-0.2, -0.15) is 0 Å². The zero-order valence-corrected chi connectivity index (χ0v) is 15.4. The zero-order chi connectivity index (χ0) is 14.5. The van der Waals surface area contributed by atoms with Crippen molar-refractivity contribution < 1.29 is 9.53 Å². The van der Waals surface area contributed by atoms with Gasteiger partial charge in [0.05, 0.1) is 0 Å². The van der Waals surface area contributed by atoms with Gasteiger partial charge < -0.3 is 20.3 Å². The number of nitrogens with zero attached hydrogens (tertiary/aromatic N) is 2. The van der Waals surface area contributed by atoms with Gasteiger partial charge in [-0.1, -0.05) is 0 Å². The number of guanidine groups is 1. The second-order valence-corrected chi connectivity index (χ2v) is 4.46. The van der Waals surface area contributed by atoms with E-state index in [-0.39, 0.29) is 36.4 Å². The fourth-order valence-corrected chi connectivity index (χ4v) is 1.38. The van der Waals surface area contributed by atoms with Crippen LogP contribution in [0, 0.1) is 0 Å². The molecule has 0 radical (unpaired) electrons. The van der Waals surface area contributed by atoms with Gasteiger partial charge in [-0.3, -0.25) is 4.79 Å². The summed E-state index contributed by atoms with van der Waals surface area (Å²) in [5.41, 5.74) is 0. The van der Waals surface area contributed by atoms with Crippen LogP contribution in [0.3, 0.4) is 0 Å². The Kier molecular flexibility index (Phi) is 16.1. The summed E-state index contributed by atoms with van der Waals surface area (Å²) in [7, 11) is 5.18. The molecule has 0 bridgehead atoms. The number of ether oxygens (including phenoxy) is 1. The highest BCUT2D eigenvalue weighted by Gasteiger charge is 2.03. The highest BCUT2D eigenvalue weighted by molar-refractivity contribution is 14.0. The first kappa shape index (κ1) is 21.7. The van der Waals surface area contributed by atoms with Gasteiger partial charge in [0.2, 0.25) is 5.91 Å². The molecule has 0 unspecified atom stereocenters. The van der Waals surface area contributed by atoms with Gasteiger partial charge in [-0.05, 0) is 26.2 Å². The molecule has 20 heavy (non-hydrogen) atoms. The molecule has 0 aliphatic heterocycles. The molecule has 2 N–H and O–H groups in total. The topological polar surface area (TPSA) is 66.0 Å². The van der Waals surface area contributed by atoms with Crippen LogP contribution in [0.4, 0.5) is 0 Å². The lowest BCUT2D eigenvalue weighted by atomic mass is 10.2. The van der Waals surface area contributed by atoms with E-state index in [1.54, 1.807) is 21.2 Å². The van der Waals surface area contributed by atoms with Crippen LogP contribution in [0.2, 0.25) is 0 Å². The molecule has 6 nitrogen and oxygen atoms in total. The van der Waals surface area contributed by atoms with Crippen LogP contribution < -0.4 is 10.6 Å². The van der Waals surface area contributed by atoms with E-state index in [9.17, 15) is 4.79 Å². The Morgan fingerprint density at radius 1 is 1.20 bits per heavy atom. The molecule has 0 fully saturated rings. The first-order valence-corrected chi connectivity index (χ1v) is 6.83. The molecular weight excluding hydrogens is 371 g/mol. The number of amides is 1. The smallest absolute Gasteiger partial charge is 0.243 e. The Morgan fingerprint density at radius 2 is 1.90 bits per heavy atom. The van der Waals surface area contributed by atoms with E-state index in [1.807, 2.05) is 6.92 Å². The van der Waals surface area contributed by atoms with Crippen molar-refractivity contribution >= 4 is 35.8 Å². The largest absolute Gasteiger partial charge is 0.385 e. The lowest BCUT2D eigenvalue weighted by Gasteiger charge is -2.12. The number of hydrogen-bond acceptors (Lipinski definition) is 3. The quantitative estimate of drug-likeness (QED) is 0.263. The Balaban J connectivity index is 0. The number of aliphatic imine (C=N–C) groups is 1. The maximum atomic E-state index is 11.4. The standard InChI is InChI=1S/C13H28N4O2.HI/c1-5-14-13(16-11-12(18)17(2)3)15-9-7-6-8-10-19-4;/h5-11H2,1-4H3,(H2,14,15,16);1H. The number of rotatable bonds is 9. The second-order valence-electron chi connectivity index (χ2n) is 4.46. The second kappa shape index (κ2) is 14.8. The molecule has 0 aliphatic rings. The molecular formula is C13H29IN4O2. The molecule has 0 rings (SSSR count). The summed E-state index contributed by atoms with van der Waals surface area (Å²) >= 11 is 0. The lowest BCUT2D eigenvalue weighted by molar-refractivity contribution is -0.127. The number of likely N-dealkylation sites (N-methyl/N-ethyl adjacent to an activating group) is 1.